The maximum atomic E-state index is 14.4. The number of benzene rings is 1. The lowest BCUT2D eigenvalue weighted by molar-refractivity contribution is -0.137. The van der Waals surface area contributed by atoms with Crippen molar-refractivity contribution in [1.82, 2.24) is 19.7 Å². The normalized spacial score (nSPS) is 20.8. The minimum atomic E-state index is -3.08. The molecule has 2 amide bonds. The molecule has 200 valence electrons. The van der Waals surface area contributed by atoms with E-state index in [0.717, 1.165) is 0 Å². The fraction of sp³-hybridized carbons (Fsp3) is 0.375. The van der Waals surface area contributed by atoms with Crippen LogP contribution in [-0.2, 0) is 26.0 Å². The number of rotatable bonds is 7. The smallest absolute Gasteiger partial charge is 0.248 e. The molecule has 0 spiro atoms. The number of fused-ring (bicyclic) bond motifs is 1. The zero-order valence-electron chi connectivity index (χ0n) is 20.1. The number of hydrogen-bond donors (Lipinski definition) is 1. The Morgan fingerprint density at radius 3 is 2.66 bits per heavy atom. The van der Waals surface area contributed by atoms with E-state index >= 15 is 0 Å². The van der Waals surface area contributed by atoms with Crippen molar-refractivity contribution in [3.8, 4) is 5.75 Å². The summed E-state index contributed by atoms with van der Waals surface area (Å²) in [5.41, 5.74) is 0.559. The SMILES string of the molecule is CC(=O)c1nn(CC(=O)N2C[C@H](F)C[C@H]2C(=O)Nc2cccc(Br)n2)c2cc(OC3CS(=O)(=O)C3)ccc12. The van der Waals surface area contributed by atoms with Crippen LogP contribution >= 0.6 is 15.9 Å². The van der Waals surface area contributed by atoms with E-state index in [1.54, 1.807) is 36.4 Å². The molecular formula is C24H23BrFN5O6S. The Balaban J connectivity index is 1.37. The van der Waals surface area contributed by atoms with Crippen molar-refractivity contribution in [2.45, 2.75) is 38.2 Å². The van der Waals surface area contributed by atoms with Crippen LogP contribution in [0.25, 0.3) is 10.9 Å². The van der Waals surface area contributed by atoms with Gasteiger partial charge in [-0.05, 0) is 40.2 Å². The Labute approximate surface area is 225 Å². The second kappa shape index (κ2) is 10.1. The van der Waals surface area contributed by atoms with Gasteiger partial charge in [0.05, 0.1) is 23.6 Å². The van der Waals surface area contributed by atoms with Gasteiger partial charge >= 0.3 is 0 Å². The van der Waals surface area contributed by atoms with E-state index < -0.39 is 40.0 Å². The Kier molecular flexibility index (Phi) is 6.94. The second-order valence-electron chi connectivity index (χ2n) is 9.29. The third-order valence-electron chi connectivity index (χ3n) is 6.36. The van der Waals surface area contributed by atoms with Crippen LogP contribution in [0.1, 0.15) is 23.8 Å². The number of sulfone groups is 1. The van der Waals surface area contributed by atoms with Crippen LogP contribution < -0.4 is 10.1 Å². The first kappa shape index (κ1) is 26.2. The number of anilines is 1. The first-order valence-electron chi connectivity index (χ1n) is 11.7. The van der Waals surface area contributed by atoms with Crippen molar-refractivity contribution < 1.29 is 31.9 Å². The van der Waals surface area contributed by atoms with Crippen molar-refractivity contribution in [2.24, 2.45) is 0 Å². The molecule has 3 aromatic rings. The van der Waals surface area contributed by atoms with Gasteiger partial charge in [-0.25, -0.2) is 17.8 Å². The number of halogens is 2. The topological polar surface area (TPSA) is 141 Å². The number of carbonyl (C=O) groups is 3. The number of ketones is 1. The summed E-state index contributed by atoms with van der Waals surface area (Å²) >= 11 is 3.22. The van der Waals surface area contributed by atoms with E-state index in [-0.39, 0.29) is 48.3 Å². The predicted octanol–water partition coefficient (Wildman–Crippen LogP) is 2.15. The molecule has 2 aromatic heterocycles. The molecule has 2 atom stereocenters. The van der Waals surface area contributed by atoms with Gasteiger partial charge in [0.25, 0.3) is 0 Å². The van der Waals surface area contributed by atoms with Crippen LogP contribution in [0.4, 0.5) is 10.2 Å². The molecule has 2 saturated heterocycles. The number of amides is 2. The Hall–Kier alpha value is -3.39. The fourth-order valence-electron chi connectivity index (χ4n) is 4.60. The van der Waals surface area contributed by atoms with Gasteiger partial charge in [-0.1, -0.05) is 6.07 Å². The minimum absolute atomic E-state index is 0.0836. The number of carbonyl (C=O) groups excluding carboxylic acids is 3. The van der Waals surface area contributed by atoms with Crippen LogP contribution in [-0.4, -0.2) is 82.0 Å². The molecule has 5 rings (SSSR count). The maximum Gasteiger partial charge on any atom is 0.248 e. The lowest BCUT2D eigenvalue weighted by Crippen LogP contribution is -2.45. The summed E-state index contributed by atoms with van der Waals surface area (Å²) in [6.07, 6.45) is -2.02. The number of pyridine rings is 1. The van der Waals surface area contributed by atoms with E-state index in [9.17, 15) is 27.2 Å². The quantitative estimate of drug-likeness (QED) is 0.318. The fourth-order valence-corrected chi connectivity index (χ4v) is 6.12. The number of aromatic nitrogens is 3. The molecule has 2 aliphatic heterocycles. The van der Waals surface area contributed by atoms with Gasteiger partial charge in [0.2, 0.25) is 11.8 Å². The van der Waals surface area contributed by atoms with Crippen molar-refractivity contribution >= 4 is 60.1 Å². The van der Waals surface area contributed by atoms with Crippen LogP contribution in [0.5, 0.6) is 5.75 Å². The number of nitrogens with zero attached hydrogens (tertiary/aromatic N) is 4. The lowest BCUT2D eigenvalue weighted by atomic mass is 10.1. The van der Waals surface area contributed by atoms with E-state index in [4.69, 9.17) is 4.74 Å². The minimum Gasteiger partial charge on any atom is -0.488 e. The van der Waals surface area contributed by atoms with Gasteiger partial charge in [-0.2, -0.15) is 5.10 Å². The highest BCUT2D eigenvalue weighted by Crippen LogP contribution is 2.28. The molecule has 11 nitrogen and oxygen atoms in total. The molecule has 38 heavy (non-hydrogen) atoms. The molecule has 4 heterocycles. The van der Waals surface area contributed by atoms with Crippen LogP contribution in [0.15, 0.2) is 41.0 Å². The molecule has 2 aliphatic rings. The number of nitrogens with one attached hydrogen (secondary N) is 1. The third kappa shape index (κ3) is 5.41. The van der Waals surface area contributed by atoms with Crippen LogP contribution in [0, 0.1) is 0 Å². The van der Waals surface area contributed by atoms with E-state index in [1.807, 2.05) is 0 Å². The monoisotopic (exact) mass is 607 g/mol. The summed E-state index contributed by atoms with van der Waals surface area (Å²) in [6, 6.07) is 8.71. The van der Waals surface area contributed by atoms with Gasteiger partial charge in [-0.15, -0.1) is 0 Å². The number of alkyl halides is 1. The average molecular weight is 608 g/mol. The zero-order chi connectivity index (χ0) is 27.2. The summed E-state index contributed by atoms with van der Waals surface area (Å²) in [5, 5.41) is 7.41. The molecule has 0 unspecified atom stereocenters. The summed E-state index contributed by atoms with van der Waals surface area (Å²) in [5.74, 6) is -0.975. The van der Waals surface area contributed by atoms with Gasteiger partial charge in [0, 0.05) is 24.8 Å². The number of Topliss-reactive ketones (excluding diaryl/α,β-unsaturated/α-hetero) is 1. The molecule has 0 saturated carbocycles. The number of likely N-dealkylation sites (tertiary alicyclic amines) is 1. The molecule has 0 aliphatic carbocycles. The van der Waals surface area contributed by atoms with Gasteiger partial charge in [0.15, 0.2) is 15.6 Å². The maximum absolute atomic E-state index is 14.4. The summed E-state index contributed by atoms with van der Waals surface area (Å²) in [6.45, 7) is 0.741. The molecule has 2 fully saturated rings. The standard InChI is InChI=1S/C24H23BrFN5O6S/c1-13(32)23-17-6-5-15(37-16-11-38(35,36)12-16)8-18(17)31(29-23)10-22(33)30-9-14(26)7-19(30)24(34)28-21-4-2-3-20(25)27-21/h2-6,8,14,16,19H,7,9-12H2,1H3,(H,27,28,34)/t14-,19+/m1/s1. The second-order valence-corrected chi connectivity index (χ2v) is 12.3. The molecular weight excluding hydrogens is 585 g/mol. The van der Waals surface area contributed by atoms with Gasteiger partial charge in [-0.3, -0.25) is 19.1 Å². The van der Waals surface area contributed by atoms with Crippen molar-refractivity contribution in [1.29, 1.82) is 0 Å². The van der Waals surface area contributed by atoms with Gasteiger partial charge < -0.3 is 15.0 Å². The molecule has 1 N–H and O–H groups in total. The third-order valence-corrected chi connectivity index (χ3v) is 8.56. The predicted molar refractivity (Wildman–Crippen MR) is 138 cm³/mol. The lowest BCUT2D eigenvalue weighted by Gasteiger charge is -2.26. The Bertz CT molecular complexity index is 1550. The molecule has 0 bridgehead atoms. The average Bonchev–Trinajstić information content (AvgIpc) is 3.39. The highest BCUT2D eigenvalue weighted by molar-refractivity contribution is 9.10. The van der Waals surface area contributed by atoms with E-state index in [2.05, 4.69) is 31.3 Å². The first-order valence-corrected chi connectivity index (χ1v) is 14.4. The number of ether oxygens (including phenoxy) is 1. The number of hydrogen-bond acceptors (Lipinski definition) is 8. The highest BCUT2D eigenvalue weighted by atomic mass is 79.9. The van der Waals surface area contributed by atoms with Crippen molar-refractivity contribution in [3.05, 3.63) is 46.7 Å². The summed E-state index contributed by atoms with van der Waals surface area (Å²) < 4.78 is 44.9. The molecule has 14 heteroatoms. The van der Waals surface area contributed by atoms with E-state index in [1.165, 1.54) is 16.5 Å². The largest absolute Gasteiger partial charge is 0.488 e. The highest BCUT2D eigenvalue weighted by Gasteiger charge is 2.40. The van der Waals surface area contributed by atoms with Crippen LogP contribution in [0.3, 0.4) is 0 Å². The molecule has 1 aromatic carbocycles. The van der Waals surface area contributed by atoms with Gasteiger partial charge in [0.1, 0.15) is 46.7 Å². The van der Waals surface area contributed by atoms with E-state index in [0.29, 0.717) is 21.3 Å². The molecule has 0 radical (unpaired) electrons. The Morgan fingerprint density at radius 1 is 1.21 bits per heavy atom. The summed E-state index contributed by atoms with van der Waals surface area (Å²) in [4.78, 5) is 43.7. The van der Waals surface area contributed by atoms with Crippen molar-refractivity contribution in [2.75, 3.05) is 23.4 Å². The zero-order valence-corrected chi connectivity index (χ0v) is 22.5. The summed E-state index contributed by atoms with van der Waals surface area (Å²) in [7, 11) is -3.08. The van der Waals surface area contributed by atoms with Crippen molar-refractivity contribution in [3.63, 3.8) is 0 Å². The Morgan fingerprint density at radius 2 is 1.97 bits per heavy atom. The first-order chi connectivity index (χ1) is 18.0. The van der Waals surface area contributed by atoms with Crippen LogP contribution in [0.2, 0.25) is 0 Å².